The number of carbonyl (C=O) groups is 2. The summed E-state index contributed by atoms with van der Waals surface area (Å²) in [6.07, 6.45) is 5.79. The maximum atomic E-state index is 12.8. The molecule has 0 aromatic rings. The van der Waals surface area contributed by atoms with E-state index < -0.39 is 20.3 Å². The largest absolute Gasteiger partial charge is 0.515 e. The molecule has 0 rings (SSSR count). The van der Waals surface area contributed by atoms with Crippen LogP contribution in [0.25, 0.3) is 0 Å². The number of carboxylic acid groups (broad SMARTS) is 1. The average molecular weight is 385 g/mol. The van der Waals surface area contributed by atoms with Gasteiger partial charge in [-0.2, -0.15) is 0 Å². The standard InChI is InChI=1S/C21H40O4Si/c1-10-11-12-13-14-21(8,9)26(15(2)3,16(4)5)25-20(24)18(7)17(6)19(22)23/h15-16H,10-14H2,1-9H3,(H,22,23)/b18-17-. The number of aliphatic carboxylic acids is 1. The van der Waals surface area contributed by atoms with Gasteiger partial charge in [0, 0.05) is 11.1 Å². The van der Waals surface area contributed by atoms with Crippen molar-refractivity contribution in [2.24, 2.45) is 0 Å². The molecule has 0 fully saturated rings. The van der Waals surface area contributed by atoms with Crippen LogP contribution in [0.3, 0.4) is 0 Å². The Labute approximate surface area is 161 Å². The Bertz CT molecular complexity index is 510. The normalized spacial score (nSPS) is 13.8. The fourth-order valence-corrected chi connectivity index (χ4v) is 10.6. The third-order valence-corrected chi connectivity index (χ3v) is 12.2. The van der Waals surface area contributed by atoms with Crippen molar-refractivity contribution < 1.29 is 19.1 Å². The second kappa shape index (κ2) is 10.3. The Morgan fingerprint density at radius 1 is 0.962 bits per heavy atom. The molecular formula is C21H40O4Si. The third-order valence-electron chi connectivity index (χ3n) is 5.88. The molecule has 0 aromatic carbocycles. The van der Waals surface area contributed by atoms with Gasteiger partial charge in [-0.1, -0.05) is 74.1 Å². The van der Waals surface area contributed by atoms with Crippen LogP contribution in [-0.2, 0) is 14.0 Å². The van der Waals surface area contributed by atoms with Crippen molar-refractivity contribution in [3.05, 3.63) is 11.1 Å². The lowest BCUT2D eigenvalue weighted by atomic mass is 10.0. The van der Waals surface area contributed by atoms with Gasteiger partial charge in [-0.15, -0.1) is 0 Å². The van der Waals surface area contributed by atoms with Crippen LogP contribution in [0.2, 0.25) is 16.1 Å². The molecule has 0 saturated carbocycles. The van der Waals surface area contributed by atoms with E-state index in [-0.39, 0.29) is 27.3 Å². The van der Waals surface area contributed by atoms with Crippen molar-refractivity contribution in [1.82, 2.24) is 0 Å². The van der Waals surface area contributed by atoms with E-state index >= 15 is 0 Å². The minimum atomic E-state index is -2.52. The molecule has 0 atom stereocenters. The molecule has 0 aliphatic rings. The SMILES string of the molecule is CCCCCCC(C)(C)[Si](OC(=O)/C(C)=C(/C)C(=O)O)(C(C)C)C(C)C. The highest BCUT2D eigenvalue weighted by Gasteiger charge is 2.56. The molecule has 0 radical (unpaired) electrons. The number of carboxylic acids is 1. The van der Waals surface area contributed by atoms with Crippen LogP contribution in [0.15, 0.2) is 11.1 Å². The third kappa shape index (κ3) is 5.70. The molecule has 26 heavy (non-hydrogen) atoms. The number of unbranched alkanes of at least 4 members (excludes halogenated alkanes) is 3. The summed E-state index contributed by atoms with van der Waals surface area (Å²) in [6.45, 7) is 18.3. The zero-order valence-corrected chi connectivity index (χ0v) is 19.4. The highest BCUT2D eigenvalue weighted by Crippen LogP contribution is 2.54. The Balaban J connectivity index is 5.81. The summed E-state index contributed by atoms with van der Waals surface area (Å²) in [5, 5.41) is 9.12. The predicted molar refractivity (Wildman–Crippen MR) is 111 cm³/mol. The van der Waals surface area contributed by atoms with E-state index in [2.05, 4.69) is 48.5 Å². The summed E-state index contributed by atoms with van der Waals surface area (Å²) in [4.78, 5) is 24.1. The van der Waals surface area contributed by atoms with Crippen molar-refractivity contribution in [3.63, 3.8) is 0 Å². The summed E-state index contributed by atoms with van der Waals surface area (Å²) >= 11 is 0. The second-order valence-electron chi connectivity index (χ2n) is 8.74. The molecule has 5 heteroatoms. The molecule has 0 saturated heterocycles. The van der Waals surface area contributed by atoms with Crippen LogP contribution in [0, 0.1) is 0 Å². The van der Waals surface area contributed by atoms with Gasteiger partial charge in [-0.05, 0) is 36.4 Å². The smallest absolute Gasteiger partial charge is 0.331 e. The molecule has 0 heterocycles. The van der Waals surface area contributed by atoms with Gasteiger partial charge < -0.3 is 9.53 Å². The first-order valence-corrected chi connectivity index (χ1v) is 12.1. The first kappa shape index (κ1) is 24.9. The molecular weight excluding hydrogens is 344 g/mol. The summed E-state index contributed by atoms with van der Waals surface area (Å²) < 4.78 is 6.29. The quantitative estimate of drug-likeness (QED) is 0.252. The van der Waals surface area contributed by atoms with Crippen LogP contribution < -0.4 is 0 Å². The Morgan fingerprint density at radius 2 is 1.46 bits per heavy atom. The molecule has 0 aliphatic carbocycles. The molecule has 0 bridgehead atoms. The van der Waals surface area contributed by atoms with E-state index in [1.54, 1.807) is 6.92 Å². The van der Waals surface area contributed by atoms with Gasteiger partial charge in [0.25, 0.3) is 8.32 Å². The van der Waals surface area contributed by atoms with Crippen LogP contribution >= 0.6 is 0 Å². The van der Waals surface area contributed by atoms with Crippen LogP contribution in [0.4, 0.5) is 0 Å². The van der Waals surface area contributed by atoms with E-state index in [9.17, 15) is 14.7 Å². The van der Waals surface area contributed by atoms with Crippen LogP contribution in [-0.4, -0.2) is 25.4 Å². The van der Waals surface area contributed by atoms with Crippen LogP contribution in [0.1, 0.15) is 94.4 Å². The Kier molecular flexibility index (Phi) is 9.85. The van der Waals surface area contributed by atoms with E-state index in [0.29, 0.717) is 0 Å². The lowest BCUT2D eigenvalue weighted by Gasteiger charge is -2.49. The number of hydrogen-bond acceptors (Lipinski definition) is 3. The maximum Gasteiger partial charge on any atom is 0.331 e. The van der Waals surface area contributed by atoms with Gasteiger partial charge in [-0.3, -0.25) is 0 Å². The fraction of sp³-hybridized carbons (Fsp3) is 0.810. The van der Waals surface area contributed by atoms with E-state index in [1.165, 1.54) is 26.2 Å². The van der Waals surface area contributed by atoms with Gasteiger partial charge in [0.2, 0.25) is 0 Å². The van der Waals surface area contributed by atoms with Crippen molar-refractivity contribution in [2.75, 3.05) is 0 Å². The monoisotopic (exact) mass is 384 g/mol. The molecule has 152 valence electrons. The molecule has 0 aliphatic heterocycles. The molecule has 0 unspecified atom stereocenters. The number of rotatable bonds is 11. The van der Waals surface area contributed by atoms with Crippen LogP contribution in [0.5, 0.6) is 0 Å². The van der Waals surface area contributed by atoms with Gasteiger partial charge >= 0.3 is 11.9 Å². The predicted octanol–water partition coefficient (Wildman–Crippen LogP) is 6.47. The van der Waals surface area contributed by atoms with E-state index in [1.807, 2.05) is 0 Å². The molecule has 0 aromatic heterocycles. The lowest BCUT2D eigenvalue weighted by molar-refractivity contribution is -0.135. The van der Waals surface area contributed by atoms with Gasteiger partial charge in [0.1, 0.15) is 0 Å². The first-order chi connectivity index (χ1) is 11.8. The minimum absolute atomic E-state index is 0.0613. The van der Waals surface area contributed by atoms with Gasteiger partial charge in [-0.25, -0.2) is 9.59 Å². The van der Waals surface area contributed by atoms with Crippen molar-refractivity contribution in [2.45, 2.75) is 111 Å². The van der Waals surface area contributed by atoms with Gasteiger partial charge in [0.15, 0.2) is 0 Å². The zero-order valence-electron chi connectivity index (χ0n) is 18.4. The van der Waals surface area contributed by atoms with E-state index in [4.69, 9.17) is 4.43 Å². The highest BCUT2D eigenvalue weighted by atomic mass is 28.4. The lowest BCUT2D eigenvalue weighted by Crippen LogP contribution is -2.55. The molecule has 1 N–H and O–H groups in total. The summed E-state index contributed by atoms with van der Waals surface area (Å²) in [6, 6.07) is 0. The molecule has 0 amide bonds. The summed E-state index contributed by atoms with van der Waals surface area (Å²) in [7, 11) is -2.52. The molecule has 0 spiro atoms. The maximum absolute atomic E-state index is 12.8. The Hall–Kier alpha value is -1.10. The second-order valence-corrected chi connectivity index (χ2v) is 14.2. The zero-order chi connectivity index (χ0) is 20.7. The van der Waals surface area contributed by atoms with Crippen molar-refractivity contribution in [3.8, 4) is 0 Å². The first-order valence-electron chi connectivity index (χ1n) is 9.99. The topological polar surface area (TPSA) is 63.6 Å². The fourth-order valence-electron chi connectivity index (χ4n) is 4.34. The van der Waals surface area contributed by atoms with Gasteiger partial charge in [0.05, 0.1) is 0 Å². The molecule has 4 nitrogen and oxygen atoms in total. The minimum Gasteiger partial charge on any atom is -0.515 e. The summed E-state index contributed by atoms with van der Waals surface area (Å²) in [5.41, 5.74) is 0.778. The Morgan fingerprint density at radius 3 is 1.85 bits per heavy atom. The van der Waals surface area contributed by atoms with Crippen molar-refractivity contribution >= 4 is 20.3 Å². The van der Waals surface area contributed by atoms with Crippen molar-refractivity contribution in [1.29, 1.82) is 0 Å². The number of hydrogen-bond donors (Lipinski definition) is 1. The highest BCUT2D eigenvalue weighted by molar-refractivity contribution is 6.80. The summed E-state index contributed by atoms with van der Waals surface area (Å²) in [5.74, 6) is -1.53. The average Bonchev–Trinajstić information content (AvgIpc) is 2.53. The number of carbonyl (C=O) groups excluding carboxylic acids is 1. The van der Waals surface area contributed by atoms with E-state index in [0.717, 1.165) is 12.8 Å².